The minimum Gasteiger partial charge on any atom is -0.458 e. The van der Waals surface area contributed by atoms with Crippen LogP contribution in [-0.2, 0) is 4.74 Å². The molecule has 3 unspecified atom stereocenters. The molecule has 2 saturated carbocycles. The van der Waals surface area contributed by atoms with Crippen LogP contribution in [0.2, 0.25) is 0 Å². The molecule has 0 saturated heterocycles. The number of hydrogen-bond donors (Lipinski definition) is 0. The molecule has 1 aromatic carbocycles. The smallest absolute Gasteiger partial charge is 0.338 e. The molecule has 122 valence electrons. The molecule has 23 heavy (non-hydrogen) atoms. The Morgan fingerprint density at radius 2 is 1.78 bits per heavy atom. The van der Waals surface area contributed by atoms with Gasteiger partial charge >= 0.3 is 5.97 Å². The second-order valence-electron chi connectivity index (χ2n) is 6.48. The van der Waals surface area contributed by atoms with Gasteiger partial charge in [0.05, 0.1) is 21.5 Å². The summed E-state index contributed by atoms with van der Waals surface area (Å²) in [6.07, 6.45) is 3.66. The average Bonchev–Trinajstić information content (AvgIpc) is 3.19. The zero-order chi connectivity index (χ0) is 16.8. The van der Waals surface area contributed by atoms with Crippen molar-refractivity contribution in [2.75, 3.05) is 0 Å². The molecule has 0 aliphatic heterocycles. The fraction of sp³-hybridized carbons (Fsp3) is 0.533. The Bertz CT molecular complexity index is 671. The Morgan fingerprint density at radius 1 is 1.17 bits per heavy atom. The second-order valence-corrected chi connectivity index (χ2v) is 6.48. The van der Waals surface area contributed by atoms with Gasteiger partial charge in [-0.3, -0.25) is 20.2 Å². The SMILES string of the molecule is CC12CC1CCCC2OC(=O)c1cc([N+](=O)[O-])cc([N+](=O)[O-])c1. The molecular weight excluding hydrogens is 304 g/mol. The van der Waals surface area contributed by atoms with Crippen molar-refractivity contribution in [3.05, 3.63) is 44.0 Å². The van der Waals surface area contributed by atoms with E-state index in [0.717, 1.165) is 43.9 Å². The summed E-state index contributed by atoms with van der Waals surface area (Å²) in [5.74, 6) is -0.177. The molecular formula is C15H16N2O6. The fourth-order valence-electron chi connectivity index (χ4n) is 3.49. The Morgan fingerprint density at radius 3 is 2.35 bits per heavy atom. The van der Waals surface area contributed by atoms with Gasteiger partial charge in [-0.15, -0.1) is 0 Å². The number of nitrogens with zero attached hydrogens (tertiary/aromatic N) is 2. The standard InChI is InChI=1S/C15H16N2O6/c1-15-8-10(15)3-2-4-13(15)23-14(18)9-5-11(16(19)20)7-12(6-9)17(21)22/h5-7,10,13H,2-4,8H2,1H3. The van der Waals surface area contributed by atoms with Crippen LogP contribution >= 0.6 is 0 Å². The normalized spacial score (nSPS) is 28.6. The predicted octanol–water partition coefficient (Wildman–Crippen LogP) is 3.24. The summed E-state index contributed by atoms with van der Waals surface area (Å²) < 4.78 is 5.52. The number of rotatable bonds is 4. The van der Waals surface area contributed by atoms with Crippen molar-refractivity contribution < 1.29 is 19.4 Å². The van der Waals surface area contributed by atoms with Crippen molar-refractivity contribution in [1.82, 2.24) is 0 Å². The summed E-state index contributed by atoms with van der Waals surface area (Å²) in [6, 6.07) is 2.87. The predicted molar refractivity (Wildman–Crippen MR) is 79.0 cm³/mol. The van der Waals surface area contributed by atoms with Crippen LogP contribution in [0.25, 0.3) is 0 Å². The van der Waals surface area contributed by atoms with E-state index < -0.39 is 27.2 Å². The van der Waals surface area contributed by atoms with E-state index in [1.807, 2.05) is 0 Å². The molecule has 0 heterocycles. The van der Waals surface area contributed by atoms with E-state index in [0.29, 0.717) is 5.92 Å². The summed E-state index contributed by atoms with van der Waals surface area (Å²) in [5, 5.41) is 21.8. The van der Waals surface area contributed by atoms with Gasteiger partial charge in [-0.1, -0.05) is 6.92 Å². The third kappa shape index (κ3) is 2.76. The van der Waals surface area contributed by atoms with E-state index >= 15 is 0 Å². The fourth-order valence-corrected chi connectivity index (χ4v) is 3.49. The third-order valence-electron chi connectivity index (χ3n) is 5.02. The largest absolute Gasteiger partial charge is 0.458 e. The Labute approximate surface area is 131 Å². The van der Waals surface area contributed by atoms with Gasteiger partial charge in [0, 0.05) is 17.5 Å². The first-order valence-corrected chi connectivity index (χ1v) is 7.46. The molecule has 0 N–H and O–H groups in total. The van der Waals surface area contributed by atoms with Gasteiger partial charge in [0.2, 0.25) is 0 Å². The lowest BCUT2D eigenvalue weighted by molar-refractivity contribution is -0.394. The number of esters is 1. The molecule has 2 aliphatic rings. The van der Waals surface area contributed by atoms with Gasteiger partial charge in [0.1, 0.15) is 6.10 Å². The topological polar surface area (TPSA) is 113 Å². The van der Waals surface area contributed by atoms with Crippen molar-refractivity contribution in [2.24, 2.45) is 11.3 Å². The Balaban J connectivity index is 1.84. The summed E-state index contributed by atoms with van der Waals surface area (Å²) >= 11 is 0. The molecule has 3 atom stereocenters. The molecule has 0 aromatic heterocycles. The van der Waals surface area contributed by atoms with E-state index in [-0.39, 0.29) is 17.1 Å². The van der Waals surface area contributed by atoms with Crippen molar-refractivity contribution in [1.29, 1.82) is 0 Å². The molecule has 0 amide bonds. The molecule has 1 aromatic rings. The number of ether oxygens (including phenoxy) is 1. The highest BCUT2D eigenvalue weighted by molar-refractivity contribution is 5.91. The first kappa shape index (κ1) is 15.4. The Kier molecular flexibility index (Phi) is 3.54. The van der Waals surface area contributed by atoms with Gasteiger partial charge in [0.25, 0.3) is 11.4 Å². The van der Waals surface area contributed by atoms with Crippen LogP contribution in [0.3, 0.4) is 0 Å². The number of carbonyl (C=O) groups excluding carboxylic acids is 1. The highest BCUT2D eigenvalue weighted by Crippen LogP contribution is 2.61. The van der Waals surface area contributed by atoms with Crippen LogP contribution in [0.15, 0.2) is 18.2 Å². The number of nitro groups is 2. The van der Waals surface area contributed by atoms with Crippen LogP contribution in [0.4, 0.5) is 11.4 Å². The zero-order valence-electron chi connectivity index (χ0n) is 12.6. The lowest BCUT2D eigenvalue weighted by Gasteiger charge is -2.28. The van der Waals surface area contributed by atoms with Crippen LogP contribution in [0.1, 0.15) is 43.0 Å². The third-order valence-corrected chi connectivity index (χ3v) is 5.02. The van der Waals surface area contributed by atoms with Crippen LogP contribution in [-0.4, -0.2) is 21.9 Å². The molecule has 0 spiro atoms. The number of benzene rings is 1. The van der Waals surface area contributed by atoms with Gasteiger partial charge in [-0.25, -0.2) is 4.79 Å². The molecule has 8 heteroatoms. The van der Waals surface area contributed by atoms with Gasteiger partial charge in [-0.05, 0) is 31.6 Å². The summed E-state index contributed by atoms with van der Waals surface area (Å²) in [5.41, 5.74) is -1.16. The van der Waals surface area contributed by atoms with E-state index in [2.05, 4.69) is 6.92 Å². The van der Waals surface area contributed by atoms with Crippen molar-refractivity contribution >= 4 is 17.3 Å². The van der Waals surface area contributed by atoms with Crippen LogP contribution < -0.4 is 0 Å². The van der Waals surface area contributed by atoms with Gasteiger partial charge in [0.15, 0.2) is 0 Å². The van der Waals surface area contributed by atoms with Crippen molar-refractivity contribution in [2.45, 2.75) is 38.7 Å². The molecule has 0 bridgehead atoms. The van der Waals surface area contributed by atoms with Crippen LogP contribution in [0.5, 0.6) is 0 Å². The Hall–Kier alpha value is -2.51. The average molecular weight is 320 g/mol. The molecule has 0 radical (unpaired) electrons. The van der Waals surface area contributed by atoms with E-state index in [9.17, 15) is 25.0 Å². The number of carbonyl (C=O) groups is 1. The lowest BCUT2D eigenvalue weighted by Crippen LogP contribution is -2.30. The first-order chi connectivity index (χ1) is 10.8. The van der Waals surface area contributed by atoms with Crippen molar-refractivity contribution in [3.8, 4) is 0 Å². The quantitative estimate of drug-likeness (QED) is 0.478. The molecule has 2 fully saturated rings. The second kappa shape index (κ2) is 5.29. The summed E-state index contributed by atoms with van der Waals surface area (Å²) in [6.45, 7) is 2.07. The monoisotopic (exact) mass is 320 g/mol. The van der Waals surface area contributed by atoms with Gasteiger partial charge in [-0.2, -0.15) is 0 Å². The molecule has 8 nitrogen and oxygen atoms in total. The maximum Gasteiger partial charge on any atom is 0.338 e. The van der Waals surface area contributed by atoms with Crippen molar-refractivity contribution in [3.63, 3.8) is 0 Å². The summed E-state index contributed by atoms with van der Waals surface area (Å²) in [7, 11) is 0. The lowest BCUT2D eigenvalue weighted by atomic mass is 9.87. The molecule has 2 aliphatic carbocycles. The number of non-ortho nitro benzene ring substituents is 2. The summed E-state index contributed by atoms with van der Waals surface area (Å²) in [4.78, 5) is 32.5. The maximum absolute atomic E-state index is 12.3. The number of fused-ring (bicyclic) bond motifs is 1. The zero-order valence-corrected chi connectivity index (χ0v) is 12.6. The van der Waals surface area contributed by atoms with Gasteiger partial charge < -0.3 is 4.74 Å². The van der Waals surface area contributed by atoms with Crippen LogP contribution in [0, 0.1) is 31.6 Å². The number of hydrogen-bond acceptors (Lipinski definition) is 6. The minimum absolute atomic E-state index is 0.0133. The first-order valence-electron chi connectivity index (χ1n) is 7.46. The maximum atomic E-state index is 12.3. The highest BCUT2D eigenvalue weighted by atomic mass is 16.6. The number of nitro benzene ring substituents is 2. The highest BCUT2D eigenvalue weighted by Gasteiger charge is 2.58. The minimum atomic E-state index is -0.761. The van der Waals surface area contributed by atoms with E-state index in [4.69, 9.17) is 4.74 Å². The van der Waals surface area contributed by atoms with E-state index in [1.165, 1.54) is 0 Å². The molecule has 3 rings (SSSR count). The van der Waals surface area contributed by atoms with E-state index in [1.54, 1.807) is 0 Å².